The van der Waals surface area contributed by atoms with Crippen molar-refractivity contribution in [2.75, 3.05) is 41.0 Å². The molecule has 1 aliphatic heterocycles. The van der Waals surface area contributed by atoms with E-state index in [1.54, 1.807) is 0 Å². The van der Waals surface area contributed by atoms with E-state index in [9.17, 15) is 0 Å². The molecule has 1 saturated carbocycles. The van der Waals surface area contributed by atoms with Crippen LogP contribution in [0.4, 0.5) is 0 Å². The van der Waals surface area contributed by atoms with E-state index in [-0.39, 0.29) is 0 Å². The van der Waals surface area contributed by atoms with Gasteiger partial charge in [-0.2, -0.15) is 0 Å². The van der Waals surface area contributed by atoms with E-state index in [1.807, 2.05) is 13.1 Å². The minimum absolute atomic E-state index is 0.321. The topological polar surface area (TPSA) is 58.1 Å². The van der Waals surface area contributed by atoms with Crippen LogP contribution in [0.2, 0.25) is 0 Å². The number of guanidine groups is 1. The Bertz CT molecular complexity index is 582. The van der Waals surface area contributed by atoms with Crippen molar-refractivity contribution in [3.63, 3.8) is 0 Å². The quantitative estimate of drug-likeness (QED) is 0.585. The number of nitrogens with zero attached hydrogens (tertiary/aromatic N) is 2. The van der Waals surface area contributed by atoms with Crippen LogP contribution in [0.3, 0.4) is 0 Å². The normalized spacial score (nSPS) is 17.9. The lowest BCUT2D eigenvalue weighted by Crippen LogP contribution is -2.46. The largest absolute Gasteiger partial charge is 0.454 e. The highest BCUT2D eigenvalue weighted by Crippen LogP contribution is 2.34. The fourth-order valence-electron chi connectivity index (χ4n) is 3.10. The van der Waals surface area contributed by atoms with Gasteiger partial charge in [-0.3, -0.25) is 4.99 Å². The fraction of sp³-hybridized carbons (Fsp3) is 0.611. The van der Waals surface area contributed by atoms with Crippen molar-refractivity contribution in [3.8, 4) is 11.5 Å². The molecular formula is C18H28N4O2. The van der Waals surface area contributed by atoms with E-state index in [0.717, 1.165) is 42.9 Å². The van der Waals surface area contributed by atoms with Gasteiger partial charge in [-0.1, -0.05) is 6.07 Å². The molecule has 1 heterocycles. The van der Waals surface area contributed by atoms with E-state index in [1.165, 1.54) is 18.4 Å². The van der Waals surface area contributed by atoms with Crippen molar-refractivity contribution in [1.29, 1.82) is 0 Å². The molecule has 0 aromatic heterocycles. The van der Waals surface area contributed by atoms with Gasteiger partial charge in [-0.15, -0.1) is 0 Å². The lowest BCUT2D eigenvalue weighted by atomic mass is 10.1. The van der Waals surface area contributed by atoms with Crippen molar-refractivity contribution in [2.45, 2.75) is 25.3 Å². The summed E-state index contributed by atoms with van der Waals surface area (Å²) in [6.07, 6.45) is 3.61. The van der Waals surface area contributed by atoms with Crippen LogP contribution < -0.4 is 20.1 Å². The summed E-state index contributed by atoms with van der Waals surface area (Å²) in [7, 11) is 6.12. The molecule has 2 aliphatic rings. The first-order chi connectivity index (χ1) is 11.7. The molecule has 2 N–H and O–H groups in total. The highest BCUT2D eigenvalue weighted by molar-refractivity contribution is 5.79. The molecule has 1 unspecified atom stereocenters. The van der Waals surface area contributed by atoms with Crippen molar-refractivity contribution in [1.82, 2.24) is 15.5 Å². The van der Waals surface area contributed by atoms with E-state index >= 15 is 0 Å². The van der Waals surface area contributed by atoms with Gasteiger partial charge < -0.3 is 25.0 Å². The molecule has 132 valence electrons. The Labute approximate surface area is 144 Å². The van der Waals surface area contributed by atoms with Crippen LogP contribution in [0.1, 0.15) is 18.4 Å². The molecule has 0 bridgehead atoms. The molecule has 3 rings (SSSR count). The number of nitrogens with one attached hydrogen (secondary N) is 2. The molecule has 1 fully saturated rings. The Hall–Kier alpha value is -1.95. The minimum Gasteiger partial charge on any atom is -0.454 e. The molecule has 1 aromatic rings. The van der Waals surface area contributed by atoms with E-state index in [4.69, 9.17) is 9.47 Å². The molecule has 6 heteroatoms. The van der Waals surface area contributed by atoms with Gasteiger partial charge in [0.15, 0.2) is 17.5 Å². The number of aliphatic imine (C=N–C) groups is 1. The highest BCUT2D eigenvalue weighted by atomic mass is 16.7. The molecular weight excluding hydrogens is 304 g/mol. The zero-order chi connectivity index (χ0) is 16.9. The van der Waals surface area contributed by atoms with Crippen LogP contribution in [-0.2, 0) is 6.42 Å². The average Bonchev–Trinajstić information content (AvgIpc) is 3.29. The predicted octanol–water partition coefficient (Wildman–Crippen LogP) is 1.46. The van der Waals surface area contributed by atoms with Crippen molar-refractivity contribution in [2.24, 2.45) is 10.9 Å². The monoisotopic (exact) mass is 332 g/mol. The Morgan fingerprint density at radius 3 is 2.75 bits per heavy atom. The van der Waals surface area contributed by atoms with Crippen LogP contribution in [0, 0.1) is 5.92 Å². The van der Waals surface area contributed by atoms with Crippen LogP contribution in [0.25, 0.3) is 0 Å². The smallest absolute Gasteiger partial charge is 0.231 e. The van der Waals surface area contributed by atoms with Gasteiger partial charge in [-0.05, 0) is 57.0 Å². The SMILES string of the molecule is CN=C(NCCc1ccc2c(c1)OCO2)NCC(C1CC1)N(C)C. The molecule has 1 aromatic carbocycles. The standard InChI is InChI=1S/C18H28N4O2/c1-19-18(21-11-15(22(2)3)14-5-6-14)20-9-8-13-4-7-16-17(10-13)24-12-23-16/h4,7,10,14-15H,5-6,8-9,11-12H2,1-3H3,(H2,19,20,21). The number of likely N-dealkylation sites (N-methyl/N-ethyl adjacent to an activating group) is 1. The van der Waals surface area contributed by atoms with Gasteiger partial charge in [-0.25, -0.2) is 0 Å². The van der Waals surface area contributed by atoms with Crippen molar-refractivity contribution >= 4 is 5.96 Å². The molecule has 0 saturated heterocycles. The maximum absolute atomic E-state index is 5.42. The van der Waals surface area contributed by atoms with Crippen LogP contribution in [0.5, 0.6) is 11.5 Å². The van der Waals surface area contributed by atoms with Crippen molar-refractivity contribution in [3.05, 3.63) is 23.8 Å². The minimum atomic E-state index is 0.321. The summed E-state index contributed by atoms with van der Waals surface area (Å²) in [5.41, 5.74) is 1.23. The van der Waals surface area contributed by atoms with Crippen LogP contribution in [-0.4, -0.2) is 57.9 Å². The van der Waals surface area contributed by atoms with Gasteiger partial charge >= 0.3 is 0 Å². The van der Waals surface area contributed by atoms with Gasteiger partial charge in [0.2, 0.25) is 6.79 Å². The van der Waals surface area contributed by atoms with Crippen molar-refractivity contribution < 1.29 is 9.47 Å². The lowest BCUT2D eigenvalue weighted by Gasteiger charge is -2.25. The number of hydrogen-bond acceptors (Lipinski definition) is 4. The van der Waals surface area contributed by atoms with Gasteiger partial charge in [0, 0.05) is 26.2 Å². The third-order valence-electron chi connectivity index (χ3n) is 4.67. The summed E-state index contributed by atoms with van der Waals surface area (Å²) >= 11 is 0. The average molecular weight is 332 g/mol. The van der Waals surface area contributed by atoms with E-state index in [0.29, 0.717) is 12.8 Å². The Morgan fingerprint density at radius 1 is 1.25 bits per heavy atom. The number of ether oxygens (including phenoxy) is 2. The molecule has 0 spiro atoms. The van der Waals surface area contributed by atoms with E-state index < -0.39 is 0 Å². The summed E-state index contributed by atoms with van der Waals surface area (Å²) in [6, 6.07) is 6.69. The van der Waals surface area contributed by atoms with E-state index in [2.05, 4.69) is 46.8 Å². The summed E-state index contributed by atoms with van der Waals surface area (Å²) in [4.78, 5) is 6.63. The zero-order valence-electron chi connectivity index (χ0n) is 14.8. The molecule has 0 radical (unpaired) electrons. The van der Waals surface area contributed by atoms with Crippen LogP contribution in [0.15, 0.2) is 23.2 Å². The summed E-state index contributed by atoms with van der Waals surface area (Å²) < 4.78 is 10.8. The Morgan fingerprint density at radius 2 is 2.04 bits per heavy atom. The third kappa shape index (κ3) is 4.32. The third-order valence-corrected chi connectivity index (χ3v) is 4.67. The van der Waals surface area contributed by atoms with Gasteiger partial charge in [0.25, 0.3) is 0 Å². The number of hydrogen-bond donors (Lipinski definition) is 2. The molecule has 1 atom stereocenters. The first-order valence-electron chi connectivity index (χ1n) is 8.67. The summed E-state index contributed by atoms with van der Waals surface area (Å²) in [5, 5.41) is 6.84. The predicted molar refractivity (Wildman–Crippen MR) is 95.8 cm³/mol. The highest BCUT2D eigenvalue weighted by Gasteiger charge is 2.32. The second-order valence-corrected chi connectivity index (χ2v) is 6.69. The zero-order valence-corrected chi connectivity index (χ0v) is 14.8. The second-order valence-electron chi connectivity index (χ2n) is 6.69. The first kappa shape index (κ1) is 16.9. The summed E-state index contributed by atoms with van der Waals surface area (Å²) in [5.74, 6) is 3.37. The maximum atomic E-state index is 5.42. The fourth-order valence-corrected chi connectivity index (χ4v) is 3.10. The molecule has 6 nitrogen and oxygen atoms in total. The van der Waals surface area contributed by atoms with Crippen LogP contribution >= 0.6 is 0 Å². The lowest BCUT2D eigenvalue weighted by molar-refractivity contribution is 0.174. The molecule has 0 amide bonds. The molecule has 24 heavy (non-hydrogen) atoms. The second kappa shape index (κ2) is 7.75. The van der Waals surface area contributed by atoms with Gasteiger partial charge in [0.05, 0.1) is 0 Å². The number of fused-ring (bicyclic) bond motifs is 1. The maximum Gasteiger partial charge on any atom is 0.231 e. The Kier molecular flexibility index (Phi) is 5.45. The Balaban J connectivity index is 1.42. The first-order valence-corrected chi connectivity index (χ1v) is 8.67. The number of rotatable bonds is 7. The molecule has 1 aliphatic carbocycles. The van der Waals surface area contributed by atoms with Gasteiger partial charge in [0.1, 0.15) is 0 Å². The number of benzene rings is 1. The summed E-state index contributed by atoms with van der Waals surface area (Å²) in [6.45, 7) is 2.08.